The topological polar surface area (TPSA) is 71.5 Å². The minimum atomic E-state index is -0.479. The summed E-state index contributed by atoms with van der Waals surface area (Å²) < 4.78 is 0. The number of carbonyl (C=O) groups is 2. The van der Waals surface area contributed by atoms with E-state index >= 15 is 0 Å². The summed E-state index contributed by atoms with van der Waals surface area (Å²) in [5, 5.41) is 3.82. The molecular formula is C21H28Cl2N6O2. The molecule has 3 aliphatic rings. The van der Waals surface area contributed by atoms with E-state index in [-0.39, 0.29) is 5.91 Å². The van der Waals surface area contributed by atoms with E-state index in [9.17, 15) is 9.59 Å². The highest BCUT2D eigenvalue weighted by molar-refractivity contribution is 6.35. The van der Waals surface area contributed by atoms with E-state index in [4.69, 9.17) is 28.2 Å². The number of halogens is 2. The molecule has 2 atom stereocenters. The number of likely N-dealkylation sites (N-methyl/N-ethyl adjacent to an activating group) is 1. The standard InChI is InChI=1S/C21H28Cl2N6O2/c1-3-4-8-29-17-18(26(2)21(31)25-19(17)30)24-20(29)28-11-9-27(10-12-28)13-14-15(22)6-5-7-16(14)23/h5-7,17-18H,3-4,8-13H2,1-2H3,(H,25,30,31). The van der Waals surface area contributed by atoms with Gasteiger partial charge in [-0.2, -0.15) is 0 Å². The van der Waals surface area contributed by atoms with Gasteiger partial charge in [-0.1, -0.05) is 42.6 Å². The average Bonchev–Trinajstić information content (AvgIpc) is 3.14. The highest BCUT2D eigenvalue weighted by Crippen LogP contribution is 2.28. The maximum Gasteiger partial charge on any atom is 0.325 e. The van der Waals surface area contributed by atoms with Gasteiger partial charge in [0.05, 0.1) is 0 Å². The Hall–Kier alpha value is -2.03. The van der Waals surface area contributed by atoms with Crippen molar-refractivity contribution < 1.29 is 9.59 Å². The lowest BCUT2D eigenvalue weighted by Gasteiger charge is -2.40. The molecule has 2 saturated heterocycles. The maximum absolute atomic E-state index is 12.6. The van der Waals surface area contributed by atoms with Gasteiger partial charge in [-0.15, -0.1) is 0 Å². The summed E-state index contributed by atoms with van der Waals surface area (Å²) in [4.78, 5) is 37.7. The number of rotatable bonds is 5. The van der Waals surface area contributed by atoms with Gasteiger partial charge in [0.2, 0.25) is 0 Å². The van der Waals surface area contributed by atoms with Gasteiger partial charge in [0.15, 0.2) is 18.2 Å². The van der Waals surface area contributed by atoms with Crippen molar-refractivity contribution in [2.24, 2.45) is 4.99 Å². The van der Waals surface area contributed by atoms with Crippen molar-refractivity contribution in [1.82, 2.24) is 24.9 Å². The number of urea groups is 1. The lowest BCUT2D eigenvalue weighted by molar-refractivity contribution is -0.127. The lowest BCUT2D eigenvalue weighted by atomic mass is 10.1. The Kier molecular flexibility index (Phi) is 6.60. The third-order valence-corrected chi connectivity index (χ3v) is 6.90. The van der Waals surface area contributed by atoms with Crippen LogP contribution in [0.3, 0.4) is 0 Å². The number of fused-ring (bicyclic) bond motifs is 1. The van der Waals surface area contributed by atoms with E-state index < -0.39 is 18.2 Å². The van der Waals surface area contributed by atoms with E-state index in [0.717, 1.165) is 57.1 Å². The van der Waals surface area contributed by atoms with Crippen LogP contribution in [0.25, 0.3) is 0 Å². The van der Waals surface area contributed by atoms with Crippen LogP contribution in [-0.2, 0) is 11.3 Å². The number of hydrogen-bond donors (Lipinski definition) is 1. The molecule has 2 unspecified atom stereocenters. The molecule has 0 spiro atoms. The first-order chi connectivity index (χ1) is 14.9. The summed E-state index contributed by atoms with van der Waals surface area (Å²) >= 11 is 12.7. The van der Waals surface area contributed by atoms with Crippen molar-refractivity contribution in [3.05, 3.63) is 33.8 Å². The summed E-state index contributed by atoms with van der Waals surface area (Å²) in [5.41, 5.74) is 0.949. The maximum atomic E-state index is 12.6. The zero-order valence-electron chi connectivity index (χ0n) is 17.9. The Morgan fingerprint density at radius 3 is 2.45 bits per heavy atom. The van der Waals surface area contributed by atoms with Crippen molar-refractivity contribution in [3.8, 4) is 0 Å². The van der Waals surface area contributed by atoms with Gasteiger partial charge >= 0.3 is 6.03 Å². The quantitative estimate of drug-likeness (QED) is 0.721. The molecule has 10 heteroatoms. The number of nitrogens with zero attached hydrogens (tertiary/aromatic N) is 5. The molecule has 3 heterocycles. The Morgan fingerprint density at radius 1 is 1.13 bits per heavy atom. The molecule has 31 heavy (non-hydrogen) atoms. The van der Waals surface area contributed by atoms with E-state index in [1.165, 1.54) is 4.90 Å². The molecule has 1 N–H and O–H groups in total. The Balaban J connectivity index is 1.47. The van der Waals surface area contributed by atoms with Crippen molar-refractivity contribution in [3.63, 3.8) is 0 Å². The highest BCUT2D eigenvalue weighted by Gasteiger charge is 2.49. The van der Waals surface area contributed by atoms with Crippen LogP contribution in [0.5, 0.6) is 0 Å². The summed E-state index contributed by atoms with van der Waals surface area (Å²) in [6.07, 6.45) is 1.50. The van der Waals surface area contributed by atoms with Crippen molar-refractivity contribution in [2.45, 2.75) is 38.5 Å². The van der Waals surface area contributed by atoms with Gasteiger partial charge in [-0.3, -0.25) is 15.0 Å². The van der Waals surface area contributed by atoms with Crippen molar-refractivity contribution in [2.75, 3.05) is 39.8 Å². The molecule has 8 nitrogen and oxygen atoms in total. The number of amides is 3. The molecule has 0 bridgehead atoms. The lowest BCUT2D eigenvalue weighted by Crippen LogP contribution is -2.64. The van der Waals surface area contributed by atoms with Gasteiger partial charge in [0, 0.05) is 61.9 Å². The Bertz CT molecular complexity index is 866. The Labute approximate surface area is 192 Å². The first-order valence-corrected chi connectivity index (χ1v) is 11.5. The molecule has 0 radical (unpaired) electrons. The second-order valence-corrected chi connectivity index (χ2v) is 9.02. The number of unbranched alkanes of at least 4 members (excludes halogenated alkanes) is 1. The van der Waals surface area contributed by atoms with Crippen LogP contribution >= 0.6 is 23.2 Å². The van der Waals surface area contributed by atoms with Crippen LogP contribution in [0, 0.1) is 0 Å². The van der Waals surface area contributed by atoms with Crippen molar-refractivity contribution in [1.29, 1.82) is 0 Å². The predicted molar refractivity (Wildman–Crippen MR) is 121 cm³/mol. The molecule has 3 aliphatic heterocycles. The van der Waals surface area contributed by atoms with E-state index in [1.807, 2.05) is 18.2 Å². The minimum absolute atomic E-state index is 0.269. The van der Waals surface area contributed by atoms with Gasteiger partial charge < -0.3 is 14.7 Å². The van der Waals surface area contributed by atoms with Crippen LogP contribution in [0.15, 0.2) is 23.2 Å². The number of piperazine rings is 1. The predicted octanol–water partition coefficient (Wildman–Crippen LogP) is 2.46. The van der Waals surface area contributed by atoms with Crippen LogP contribution in [0.4, 0.5) is 4.79 Å². The second-order valence-electron chi connectivity index (χ2n) is 8.20. The summed E-state index contributed by atoms with van der Waals surface area (Å²) in [5.74, 6) is 0.547. The zero-order valence-corrected chi connectivity index (χ0v) is 19.4. The SMILES string of the molecule is CCCCN1C(N2CCN(Cc3c(Cl)cccc3Cl)CC2)=NC2C1C(=O)NC(=O)N2C. The molecule has 168 valence electrons. The number of benzene rings is 1. The number of imide groups is 1. The molecule has 0 aromatic heterocycles. The molecule has 0 aliphatic carbocycles. The summed E-state index contributed by atoms with van der Waals surface area (Å²) in [6.45, 7) is 6.78. The monoisotopic (exact) mass is 466 g/mol. The number of guanidine groups is 1. The fourth-order valence-electron chi connectivity index (χ4n) is 4.36. The minimum Gasteiger partial charge on any atom is -0.340 e. The average molecular weight is 467 g/mol. The third kappa shape index (κ3) is 4.33. The molecule has 2 fully saturated rings. The number of carbonyl (C=O) groups excluding carboxylic acids is 2. The molecule has 1 aromatic rings. The van der Waals surface area contributed by atoms with Crippen LogP contribution in [-0.4, -0.2) is 89.5 Å². The number of hydrogen-bond acceptors (Lipinski definition) is 6. The van der Waals surface area contributed by atoms with Gasteiger partial charge in [-0.25, -0.2) is 9.79 Å². The van der Waals surface area contributed by atoms with Gasteiger partial charge in [-0.05, 0) is 18.6 Å². The molecular weight excluding hydrogens is 439 g/mol. The summed E-state index contributed by atoms with van der Waals surface area (Å²) in [7, 11) is 1.69. The molecule has 1 aromatic carbocycles. The second kappa shape index (κ2) is 9.22. The number of nitrogens with one attached hydrogen (secondary N) is 1. The van der Waals surface area contributed by atoms with E-state index in [1.54, 1.807) is 7.05 Å². The fraction of sp³-hybridized carbons (Fsp3) is 0.571. The molecule has 3 amide bonds. The normalized spacial score (nSPS) is 24.4. The van der Waals surface area contributed by atoms with Crippen LogP contribution in [0.2, 0.25) is 10.0 Å². The number of aliphatic imine (C=N–C) groups is 1. The fourth-order valence-corrected chi connectivity index (χ4v) is 4.87. The summed E-state index contributed by atoms with van der Waals surface area (Å²) in [6, 6.07) is 4.72. The van der Waals surface area contributed by atoms with Gasteiger partial charge in [0.1, 0.15) is 0 Å². The zero-order chi connectivity index (χ0) is 22.1. The third-order valence-electron chi connectivity index (χ3n) is 6.19. The van der Waals surface area contributed by atoms with Crippen LogP contribution in [0.1, 0.15) is 25.3 Å². The van der Waals surface area contributed by atoms with E-state index in [2.05, 4.69) is 26.9 Å². The first kappa shape index (κ1) is 22.2. The largest absolute Gasteiger partial charge is 0.340 e. The molecule has 0 saturated carbocycles. The first-order valence-electron chi connectivity index (χ1n) is 10.7. The van der Waals surface area contributed by atoms with E-state index in [0.29, 0.717) is 16.6 Å². The van der Waals surface area contributed by atoms with Gasteiger partial charge in [0.25, 0.3) is 5.91 Å². The Morgan fingerprint density at radius 2 is 1.81 bits per heavy atom. The van der Waals surface area contributed by atoms with Crippen LogP contribution < -0.4 is 5.32 Å². The van der Waals surface area contributed by atoms with Crippen molar-refractivity contribution >= 4 is 41.1 Å². The smallest absolute Gasteiger partial charge is 0.325 e. The molecule has 4 rings (SSSR count). The highest BCUT2D eigenvalue weighted by atomic mass is 35.5.